The molecule has 1 aromatic heterocycles. The number of amides is 1. The van der Waals surface area contributed by atoms with Crippen LogP contribution in [-0.4, -0.2) is 41.4 Å². The summed E-state index contributed by atoms with van der Waals surface area (Å²) < 4.78 is 5.60. The van der Waals surface area contributed by atoms with Crippen LogP contribution in [0.5, 0.6) is 0 Å². The first-order valence-corrected chi connectivity index (χ1v) is 14.4. The number of aryl methyl sites for hydroxylation is 1. The van der Waals surface area contributed by atoms with Crippen LogP contribution >= 0.6 is 0 Å². The molecule has 41 heavy (non-hydrogen) atoms. The van der Waals surface area contributed by atoms with Crippen molar-refractivity contribution >= 4 is 23.3 Å². The third-order valence-corrected chi connectivity index (χ3v) is 8.48. The van der Waals surface area contributed by atoms with Gasteiger partial charge in [-0.2, -0.15) is 0 Å². The Kier molecular flexibility index (Phi) is 7.81. The molecule has 208 valence electrons. The molecule has 0 N–H and O–H groups in total. The second kappa shape index (κ2) is 12.0. The summed E-state index contributed by atoms with van der Waals surface area (Å²) in [6, 6.07) is 30.8. The molecule has 1 fully saturated rings. The number of rotatable bonds is 8. The van der Waals surface area contributed by atoms with E-state index in [4.69, 9.17) is 4.74 Å². The number of likely N-dealkylation sites (tertiary alicyclic amines) is 1. The fourth-order valence-corrected chi connectivity index (χ4v) is 6.16. The zero-order valence-corrected chi connectivity index (χ0v) is 23.2. The topological polar surface area (TPSA) is 62.7 Å². The standard InChI is InChI=1S/C35H35N3O3/c39-31(17-14-28-9-6-20-36-24-28)23-27-12-15-30(16-13-27)38-26-35(32-10-4-5-11-33(32)38)18-21-37(22-19-35)34(40)41-25-29-7-2-1-3-8-29/h1-13,15-16,20,24H,14,17-19,21-23,25-26H2. The third kappa shape index (κ3) is 6.02. The highest BCUT2D eigenvalue weighted by molar-refractivity contribution is 5.81. The van der Waals surface area contributed by atoms with E-state index in [1.54, 1.807) is 6.20 Å². The second-order valence-electron chi connectivity index (χ2n) is 11.2. The molecule has 1 spiro atoms. The lowest BCUT2D eigenvalue weighted by molar-refractivity contribution is -0.118. The zero-order chi connectivity index (χ0) is 28.1. The van der Waals surface area contributed by atoms with Crippen molar-refractivity contribution in [2.24, 2.45) is 0 Å². The molecule has 0 radical (unpaired) electrons. The lowest BCUT2D eigenvalue weighted by atomic mass is 9.74. The average Bonchev–Trinajstić information content (AvgIpc) is 3.34. The minimum Gasteiger partial charge on any atom is -0.445 e. The van der Waals surface area contributed by atoms with Gasteiger partial charge in [0.2, 0.25) is 0 Å². The summed E-state index contributed by atoms with van der Waals surface area (Å²) in [6.45, 7) is 2.53. The van der Waals surface area contributed by atoms with Crippen LogP contribution in [0.3, 0.4) is 0 Å². The van der Waals surface area contributed by atoms with Crippen molar-refractivity contribution in [3.63, 3.8) is 0 Å². The highest BCUT2D eigenvalue weighted by Gasteiger charge is 2.45. The maximum atomic E-state index is 12.8. The zero-order valence-electron chi connectivity index (χ0n) is 23.2. The van der Waals surface area contributed by atoms with E-state index in [1.807, 2.05) is 53.6 Å². The number of piperidine rings is 1. The number of nitrogens with zero attached hydrogens (tertiary/aromatic N) is 3. The lowest BCUT2D eigenvalue weighted by Gasteiger charge is -2.39. The first-order valence-electron chi connectivity index (χ1n) is 14.4. The number of hydrogen-bond donors (Lipinski definition) is 0. The first kappa shape index (κ1) is 26.8. The molecule has 2 aliphatic rings. The minimum atomic E-state index is -0.239. The van der Waals surface area contributed by atoms with Gasteiger partial charge in [-0.15, -0.1) is 0 Å². The molecule has 0 unspecified atom stereocenters. The number of hydrogen-bond acceptors (Lipinski definition) is 5. The SMILES string of the molecule is O=C(CCc1cccnc1)Cc1ccc(N2CC3(CCN(C(=O)OCc4ccccc4)CC3)c3ccccc32)cc1. The molecule has 0 bridgehead atoms. The van der Waals surface area contributed by atoms with Crippen LogP contribution in [0.1, 0.15) is 41.5 Å². The lowest BCUT2D eigenvalue weighted by Crippen LogP contribution is -2.47. The quantitative estimate of drug-likeness (QED) is 0.248. The fraction of sp³-hybridized carbons (Fsp3) is 0.286. The van der Waals surface area contributed by atoms with Gasteiger partial charge in [0.15, 0.2) is 0 Å². The monoisotopic (exact) mass is 545 g/mol. The minimum absolute atomic E-state index is 0.00621. The van der Waals surface area contributed by atoms with Crippen molar-refractivity contribution in [2.75, 3.05) is 24.5 Å². The molecule has 0 aliphatic carbocycles. The highest BCUT2D eigenvalue weighted by atomic mass is 16.6. The molecular weight excluding hydrogens is 510 g/mol. The van der Waals surface area contributed by atoms with Gasteiger partial charge in [-0.3, -0.25) is 9.78 Å². The van der Waals surface area contributed by atoms with Crippen molar-refractivity contribution in [3.8, 4) is 0 Å². The molecule has 0 atom stereocenters. The number of Topliss-reactive ketones (excluding diaryl/α,β-unsaturated/α-hetero) is 1. The number of pyridine rings is 1. The molecule has 3 heterocycles. The van der Waals surface area contributed by atoms with Gasteiger partial charge in [0.1, 0.15) is 12.4 Å². The summed E-state index contributed by atoms with van der Waals surface area (Å²) in [5, 5.41) is 0. The smallest absolute Gasteiger partial charge is 0.410 e. The fourth-order valence-electron chi connectivity index (χ4n) is 6.16. The van der Waals surface area contributed by atoms with E-state index in [-0.39, 0.29) is 17.3 Å². The Morgan fingerprint density at radius 3 is 2.29 bits per heavy atom. The normalized spacial score (nSPS) is 15.5. The molecule has 4 aromatic rings. The van der Waals surface area contributed by atoms with Crippen LogP contribution < -0.4 is 4.90 Å². The first-order chi connectivity index (χ1) is 20.1. The predicted octanol–water partition coefficient (Wildman–Crippen LogP) is 6.65. The van der Waals surface area contributed by atoms with Gasteiger partial charge in [-0.25, -0.2) is 4.79 Å². The van der Waals surface area contributed by atoms with Crippen molar-refractivity contribution in [3.05, 3.63) is 126 Å². The van der Waals surface area contributed by atoms with Crippen LogP contribution in [0, 0.1) is 0 Å². The van der Waals surface area contributed by atoms with Crippen molar-refractivity contribution in [2.45, 2.75) is 44.1 Å². The molecule has 1 amide bonds. The van der Waals surface area contributed by atoms with Crippen LogP contribution in [0.15, 0.2) is 103 Å². The van der Waals surface area contributed by atoms with E-state index in [0.29, 0.717) is 32.5 Å². The number of aromatic nitrogens is 1. The molecule has 6 heteroatoms. The summed E-state index contributed by atoms with van der Waals surface area (Å²) in [7, 11) is 0. The van der Waals surface area contributed by atoms with E-state index in [1.165, 1.54) is 11.3 Å². The van der Waals surface area contributed by atoms with Gasteiger partial charge in [0, 0.05) is 61.7 Å². The Labute approximate surface area is 241 Å². The number of benzene rings is 3. The van der Waals surface area contributed by atoms with E-state index in [9.17, 15) is 9.59 Å². The second-order valence-corrected chi connectivity index (χ2v) is 11.2. The summed E-state index contributed by atoms with van der Waals surface area (Å²) in [5.74, 6) is 0.237. The molecule has 6 nitrogen and oxygen atoms in total. The Bertz CT molecular complexity index is 1480. The van der Waals surface area contributed by atoms with Crippen LogP contribution in [0.25, 0.3) is 0 Å². The maximum absolute atomic E-state index is 12.8. The van der Waals surface area contributed by atoms with Gasteiger partial charge in [0.05, 0.1) is 0 Å². The molecule has 6 rings (SSSR count). The van der Waals surface area contributed by atoms with Crippen LogP contribution in [-0.2, 0) is 34.4 Å². The number of anilines is 2. The number of para-hydroxylation sites is 1. The van der Waals surface area contributed by atoms with Crippen molar-refractivity contribution in [1.29, 1.82) is 0 Å². The van der Waals surface area contributed by atoms with E-state index >= 15 is 0 Å². The van der Waals surface area contributed by atoms with Crippen molar-refractivity contribution in [1.82, 2.24) is 9.88 Å². The summed E-state index contributed by atoms with van der Waals surface area (Å²) >= 11 is 0. The largest absolute Gasteiger partial charge is 0.445 e. The van der Waals surface area contributed by atoms with Crippen LogP contribution in [0.2, 0.25) is 0 Å². The third-order valence-electron chi connectivity index (χ3n) is 8.48. The van der Waals surface area contributed by atoms with Gasteiger partial charge >= 0.3 is 6.09 Å². The summed E-state index contributed by atoms with van der Waals surface area (Å²) in [4.78, 5) is 33.8. The predicted molar refractivity (Wildman–Crippen MR) is 160 cm³/mol. The Balaban J connectivity index is 1.08. The van der Waals surface area contributed by atoms with Gasteiger partial charge in [-0.1, -0.05) is 66.7 Å². The van der Waals surface area contributed by atoms with Gasteiger partial charge < -0.3 is 14.5 Å². The molecule has 2 aliphatic heterocycles. The molecular formula is C35H35N3O3. The number of fused-ring (bicyclic) bond motifs is 2. The van der Waals surface area contributed by atoms with Crippen molar-refractivity contribution < 1.29 is 14.3 Å². The van der Waals surface area contributed by atoms with Gasteiger partial charge in [-0.05, 0) is 65.8 Å². The number of ether oxygens (including phenoxy) is 1. The average molecular weight is 546 g/mol. The number of carbonyl (C=O) groups is 2. The number of ketones is 1. The van der Waals surface area contributed by atoms with E-state index in [2.05, 4.69) is 58.4 Å². The molecule has 1 saturated heterocycles. The van der Waals surface area contributed by atoms with E-state index in [0.717, 1.165) is 48.2 Å². The summed E-state index contributed by atoms with van der Waals surface area (Å²) in [5.41, 5.74) is 6.83. The maximum Gasteiger partial charge on any atom is 0.410 e. The molecule has 3 aromatic carbocycles. The van der Waals surface area contributed by atoms with Gasteiger partial charge in [0.25, 0.3) is 0 Å². The van der Waals surface area contributed by atoms with Crippen LogP contribution in [0.4, 0.5) is 16.2 Å². The molecule has 0 saturated carbocycles. The Morgan fingerprint density at radius 2 is 1.54 bits per heavy atom. The van der Waals surface area contributed by atoms with E-state index < -0.39 is 0 Å². The summed E-state index contributed by atoms with van der Waals surface area (Å²) in [6.07, 6.45) is 6.81. The Morgan fingerprint density at radius 1 is 0.805 bits per heavy atom. The highest BCUT2D eigenvalue weighted by Crippen LogP contribution is 2.49. The Hall–Kier alpha value is -4.45. The number of carbonyl (C=O) groups excluding carboxylic acids is 2.